The number of rotatable bonds is 2. The van der Waals surface area contributed by atoms with Crippen LogP contribution >= 0.6 is 0 Å². The van der Waals surface area contributed by atoms with Crippen LogP contribution in [0.5, 0.6) is 0 Å². The van der Waals surface area contributed by atoms with Crippen molar-refractivity contribution in [2.45, 2.75) is 6.54 Å². The molecular weight excluding hydrogens is 237 g/mol. The van der Waals surface area contributed by atoms with Gasteiger partial charge >= 0.3 is 0 Å². The van der Waals surface area contributed by atoms with Gasteiger partial charge in [0.25, 0.3) is 0 Å². The summed E-state index contributed by atoms with van der Waals surface area (Å²) in [6.45, 7) is 0.418. The first kappa shape index (κ1) is 11.9. The van der Waals surface area contributed by atoms with Crippen molar-refractivity contribution in [1.82, 2.24) is 0 Å². The van der Waals surface area contributed by atoms with Crippen LogP contribution in [-0.4, -0.2) is 0 Å². The Kier molecular flexibility index (Phi) is 3.02. The summed E-state index contributed by atoms with van der Waals surface area (Å²) in [5.74, 6) is -0.215. The maximum Gasteiger partial charge on any atom is 0.131 e. The molecule has 3 rings (SSSR count). The third kappa shape index (κ3) is 2.23. The lowest BCUT2D eigenvalue weighted by Gasteiger charge is -2.07. The highest BCUT2D eigenvalue weighted by atomic mass is 19.1. The molecular formula is C17H14FN. The summed E-state index contributed by atoms with van der Waals surface area (Å²) in [6.07, 6.45) is 0. The molecule has 0 bridgehead atoms. The third-order valence-corrected chi connectivity index (χ3v) is 3.33. The Labute approximate surface area is 111 Å². The largest absolute Gasteiger partial charge is 0.326 e. The van der Waals surface area contributed by atoms with Gasteiger partial charge in [-0.1, -0.05) is 42.5 Å². The van der Waals surface area contributed by atoms with Gasteiger partial charge in [-0.05, 0) is 40.1 Å². The molecule has 0 heterocycles. The van der Waals surface area contributed by atoms with Crippen molar-refractivity contribution in [3.63, 3.8) is 0 Å². The molecule has 3 aromatic carbocycles. The molecule has 2 N–H and O–H groups in total. The van der Waals surface area contributed by atoms with E-state index in [2.05, 4.69) is 0 Å². The van der Waals surface area contributed by atoms with E-state index < -0.39 is 0 Å². The number of hydrogen-bond acceptors (Lipinski definition) is 1. The summed E-state index contributed by atoms with van der Waals surface area (Å²) >= 11 is 0. The van der Waals surface area contributed by atoms with Crippen molar-refractivity contribution >= 4 is 10.8 Å². The summed E-state index contributed by atoms with van der Waals surface area (Å²) in [5, 5.41) is 2.26. The molecule has 0 saturated carbocycles. The Morgan fingerprint density at radius 3 is 2.42 bits per heavy atom. The van der Waals surface area contributed by atoms with Gasteiger partial charge < -0.3 is 5.73 Å². The average molecular weight is 251 g/mol. The molecule has 0 aliphatic carbocycles. The van der Waals surface area contributed by atoms with Gasteiger partial charge in [0, 0.05) is 12.1 Å². The fraction of sp³-hybridized carbons (Fsp3) is 0.0588. The highest BCUT2D eigenvalue weighted by Gasteiger charge is 2.06. The molecule has 0 unspecified atom stereocenters. The standard InChI is InChI=1S/C17H14FN/c18-17-8-5-12(11-19)9-16(17)15-7-6-13-3-1-2-4-14(13)10-15/h1-10H,11,19H2. The van der Waals surface area contributed by atoms with Crippen molar-refractivity contribution in [3.05, 3.63) is 72.0 Å². The van der Waals surface area contributed by atoms with E-state index in [1.165, 1.54) is 6.07 Å². The van der Waals surface area contributed by atoms with Gasteiger partial charge in [0.2, 0.25) is 0 Å². The summed E-state index contributed by atoms with van der Waals surface area (Å²) in [5.41, 5.74) is 8.04. The molecule has 19 heavy (non-hydrogen) atoms. The van der Waals surface area contributed by atoms with Crippen LogP contribution in [0.4, 0.5) is 4.39 Å². The van der Waals surface area contributed by atoms with Crippen molar-refractivity contribution in [3.8, 4) is 11.1 Å². The zero-order valence-corrected chi connectivity index (χ0v) is 10.4. The van der Waals surface area contributed by atoms with E-state index in [4.69, 9.17) is 5.73 Å². The topological polar surface area (TPSA) is 26.0 Å². The quantitative estimate of drug-likeness (QED) is 0.729. The van der Waals surface area contributed by atoms with Crippen LogP contribution < -0.4 is 5.73 Å². The first-order chi connectivity index (χ1) is 9.28. The van der Waals surface area contributed by atoms with Crippen LogP contribution in [0.15, 0.2) is 60.7 Å². The Balaban J connectivity index is 2.18. The minimum Gasteiger partial charge on any atom is -0.326 e. The van der Waals surface area contributed by atoms with E-state index in [9.17, 15) is 4.39 Å². The number of nitrogens with two attached hydrogens (primary N) is 1. The molecule has 0 radical (unpaired) electrons. The van der Waals surface area contributed by atoms with E-state index in [1.54, 1.807) is 6.07 Å². The highest BCUT2D eigenvalue weighted by Crippen LogP contribution is 2.27. The molecule has 0 spiro atoms. The molecule has 1 nitrogen and oxygen atoms in total. The Bertz CT molecular complexity index is 734. The molecule has 0 aliphatic rings. The summed E-state index contributed by atoms with van der Waals surface area (Å²) in [4.78, 5) is 0. The molecule has 3 aromatic rings. The summed E-state index contributed by atoms with van der Waals surface area (Å²) in [7, 11) is 0. The monoisotopic (exact) mass is 251 g/mol. The second-order valence-corrected chi connectivity index (χ2v) is 4.58. The molecule has 0 fully saturated rings. The van der Waals surface area contributed by atoms with E-state index >= 15 is 0 Å². The maximum absolute atomic E-state index is 14.0. The lowest BCUT2D eigenvalue weighted by Crippen LogP contribution is -1.97. The van der Waals surface area contributed by atoms with E-state index in [0.717, 1.165) is 21.9 Å². The maximum atomic E-state index is 14.0. The van der Waals surface area contributed by atoms with Gasteiger partial charge in [0.1, 0.15) is 5.82 Å². The zero-order chi connectivity index (χ0) is 13.2. The number of benzene rings is 3. The van der Waals surface area contributed by atoms with Crippen molar-refractivity contribution in [2.75, 3.05) is 0 Å². The first-order valence-corrected chi connectivity index (χ1v) is 6.25. The molecule has 0 amide bonds. The van der Waals surface area contributed by atoms with Crippen LogP contribution in [0.2, 0.25) is 0 Å². The van der Waals surface area contributed by atoms with Gasteiger partial charge in [0.05, 0.1) is 0 Å². The molecule has 0 atom stereocenters. The molecule has 94 valence electrons. The Morgan fingerprint density at radius 1 is 0.842 bits per heavy atom. The van der Waals surface area contributed by atoms with Gasteiger partial charge in [0.15, 0.2) is 0 Å². The highest BCUT2D eigenvalue weighted by molar-refractivity contribution is 5.87. The Morgan fingerprint density at radius 2 is 1.63 bits per heavy atom. The summed E-state index contributed by atoms with van der Waals surface area (Å²) < 4.78 is 14.0. The predicted octanol–water partition coefficient (Wildman–Crippen LogP) is 4.10. The normalized spacial score (nSPS) is 10.8. The minimum atomic E-state index is -0.215. The average Bonchev–Trinajstić information content (AvgIpc) is 2.47. The SMILES string of the molecule is NCc1ccc(F)c(-c2ccc3ccccc3c2)c1. The van der Waals surface area contributed by atoms with Crippen LogP contribution in [0.25, 0.3) is 21.9 Å². The minimum absolute atomic E-state index is 0.215. The second kappa shape index (κ2) is 4.82. The van der Waals surface area contributed by atoms with Gasteiger partial charge in [-0.15, -0.1) is 0 Å². The lowest BCUT2D eigenvalue weighted by atomic mass is 9.99. The lowest BCUT2D eigenvalue weighted by molar-refractivity contribution is 0.630. The van der Waals surface area contributed by atoms with Crippen LogP contribution in [-0.2, 0) is 6.54 Å². The number of halogens is 1. The van der Waals surface area contributed by atoms with Crippen molar-refractivity contribution < 1.29 is 4.39 Å². The second-order valence-electron chi connectivity index (χ2n) is 4.58. The van der Waals surface area contributed by atoms with Gasteiger partial charge in [-0.2, -0.15) is 0 Å². The fourth-order valence-electron chi connectivity index (χ4n) is 2.28. The predicted molar refractivity (Wildman–Crippen MR) is 77.2 cm³/mol. The molecule has 2 heteroatoms. The van der Waals surface area contributed by atoms with E-state index in [1.807, 2.05) is 48.5 Å². The van der Waals surface area contributed by atoms with E-state index in [0.29, 0.717) is 12.1 Å². The van der Waals surface area contributed by atoms with Crippen LogP contribution in [0, 0.1) is 5.82 Å². The number of fused-ring (bicyclic) bond motifs is 1. The molecule has 0 saturated heterocycles. The van der Waals surface area contributed by atoms with Crippen LogP contribution in [0.3, 0.4) is 0 Å². The molecule has 0 aliphatic heterocycles. The van der Waals surface area contributed by atoms with Crippen molar-refractivity contribution in [1.29, 1.82) is 0 Å². The van der Waals surface area contributed by atoms with E-state index in [-0.39, 0.29) is 5.82 Å². The van der Waals surface area contributed by atoms with Gasteiger partial charge in [-0.3, -0.25) is 0 Å². The third-order valence-electron chi connectivity index (χ3n) is 3.33. The fourth-order valence-corrected chi connectivity index (χ4v) is 2.28. The van der Waals surface area contributed by atoms with Crippen molar-refractivity contribution in [2.24, 2.45) is 5.73 Å². The first-order valence-electron chi connectivity index (χ1n) is 6.25. The van der Waals surface area contributed by atoms with Crippen LogP contribution in [0.1, 0.15) is 5.56 Å². The van der Waals surface area contributed by atoms with Gasteiger partial charge in [-0.25, -0.2) is 4.39 Å². The smallest absolute Gasteiger partial charge is 0.131 e. The zero-order valence-electron chi connectivity index (χ0n) is 10.4. The summed E-state index contributed by atoms with van der Waals surface area (Å²) in [6, 6.07) is 19.0. The number of hydrogen-bond donors (Lipinski definition) is 1. The molecule has 0 aromatic heterocycles. The Hall–Kier alpha value is -2.19.